The molecule has 1 unspecified atom stereocenters. The van der Waals surface area contributed by atoms with E-state index in [1.165, 1.54) is 24.5 Å². The normalized spacial score (nSPS) is 14.4. The smallest absolute Gasteiger partial charge is 0.394 e. The molecule has 3 aromatic rings. The number of ether oxygens (including phenoxy) is 2. The first-order valence-electron chi connectivity index (χ1n) is 9.61. The van der Waals surface area contributed by atoms with Gasteiger partial charge in [0.1, 0.15) is 0 Å². The van der Waals surface area contributed by atoms with E-state index in [1.807, 2.05) is 6.07 Å². The summed E-state index contributed by atoms with van der Waals surface area (Å²) in [7, 11) is 1.40. The van der Waals surface area contributed by atoms with Crippen LogP contribution >= 0.6 is 22.9 Å². The van der Waals surface area contributed by atoms with Crippen molar-refractivity contribution in [1.82, 2.24) is 4.98 Å². The second-order valence-electron chi connectivity index (χ2n) is 7.31. The summed E-state index contributed by atoms with van der Waals surface area (Å²) < 4.78 is 48.8. The summed E-state index contributed by atoms with van der Waals surface area (Å²) in [6.07, 6.45) is -2.78. The Hall–Kier alpha value is -2.78. The first kappa shape index (κ1) is 22.4. The van der Waals surface area contributed by atoms with Crippen molar-refractivity contribution in [3.63, 3.8) is 0 Å². The predicted octanol–water partition coefficient (Wildman–Crippen LogP) is 6.21. The Morgan fingerprint density at radius 3 is 2.62 bits per heavy atom. The molecule has 168 valence electrons. The molecule has 0 saturated carbocycles. The maximum absolute atomic E-state index is 13.0. The molecule has 0 aliphatic carbocycles. The van der Waals surface area contributed by atoms with Gasteiger partial charge in [0.2, 0.25) is 0 Å². The third-order valence-electron chi connectivity index (χ3n) is 5.06. The standard InChI is InChI=1S/C22H18ClF3N2O3S/c1-12(22(24,25)26)11-31-17-6-4-15(8-18(17)30-2)28-10-13-7-19(32-20(13)21(28)29)16-5-3-14(23)9-27-16/h3-9,12H,10-11H2,1-2H3. The number of alkyl halides is 3. The lowest BCUT2D eigenvalue weighted by molar-refractivity contribution is -0.176. The Kier molecular flexibility index (Phi) is 6.05. The minimum absolute atomic E-state index is 0.161. The van der Waals surface area contributed by atoms with Gasteiger partial charge in [-0.2, -0.15) is 13.2 Å². The minimum atomic E-state index is -4.34. The van der Waals surface area contributed by atoms with Crippen LogP contribution in [0.4, 0.5) is 18.9 Å². The maximum atomic E-state index is 13.0. The fourth-order valence-electron chi connectivity index (χ4n) is 3.20. The van der Waals surface area contributed by atoms with E-state index in [0.717, 1.165) is 23.1 Å². The highest BCUT2D eigenvalue weighted by Crippen LogP contribution is 2.40. The Morgan fingerprint density at radius 1 is 1.22 bits per heavy atom. The number of nitrogens with zero attached hydrogens (tertiary/aromatic N) is 2. The number of thiophene rings is 1. The zero-order chi connectivity index (χ0) is 23.0. The largest absolute Gasteiger partial charge is 0.493 e. The van der Waals surface area contributed by atoms with Crippen LogP contribution in [0.25, 0.3) is 10.6 Å². The van der Waals surface area contributed by atoms with Crippen molar-refractivity contribution in [2.75, 3.05) is 18.6 Å². The number of carbonyl (C=O) groups excluding carboxylic acids is 1. The topological polar surface area (TPSA) is 51.7 Å². The molecule has 1 atom stereocenters. The number of amides is 1. The van der Waals surface area contributed by atoms with Crippen LogP contribution in [0.2, 0.25) is 5.02 Å². The summed E-state index contributed by atoms with van der Waals surface area (Å²) in [5.74, 6) is -1.34. The number of fused-ring (bicyclic) bond motifs is 1. The molecule has 4 rings (SSSR count). The minimum Gasteiger partial charge on any atom is -0.493 e. The first-order chi connectivity index (χ1) is 15.2. The van der Waals surface area contributed by atoms with Crippen LogP contribution in [-0.2, 0) is 6.54 Å². The van der Waals surface area contributed by atoms with Crippen LogP contribution in [0, 0.1) is 5.92 Å². The molecule has 3 heterocycles. The molecule has 0 N–H and O–H groups in total. The molecule has 2 aromatic heterocycles. The Morgan fingerprint density at radius 2 is 2.00 bits per heavy atom. The lowest BCUT2D eigenvalue weighted by atomic mass is 10.2. The molecule has 32 heavy (non-hydrogen) atoms. The van der Waals surface area contributed by atoms with Crippen LogP contribution < -0.4 is 14.4 Å². The van der Waals surface area contributed by atoms with E-state index >= 15 is 0 Å². The molecule has 0 radical (unpaired) electrons. The van der Waals surface area contributed by atoms with Gasteiger partial charge >= 0.3 is 6.18 Å². The summed E-state index contributed by atoms with van der Waals surface area (Å²) in [4.78, 5) is 20.4. The summed E-state index contributed by atoms with van der Waals surface area (Å²) >= 11 is 7.24. The van der Waals surface area contributed by atoms with E-state index in [2.05, 4.69) is 4.98 Å². The lowest BCUT2D eigenvalue weighted by Crippen LogP contribution is -2.26. The number of rotatable bonds is 6. The van der Waals surface area contributed by atoms with Crippen molar-refractivity contribution in [1.29, 1.82) is 0 Å². The molecule has 1 aliphatic heterocycles. The number of hydrogen-bond donors (Lipinski definition) is 0. The van der Waals surface area contributed by atoms with Crippen LogP contribution in [0.5, 0.6) is 11.5 Å². The second kappa shape index (κ2) is 8.63. The van der Waals surface area contributed by atoms with Gasteiger partial charge in [-0.3, -0.25) is 9.78 Å². The van der Waals surface area contributed by atoms with Gasteiger partial charge in [0, 0.05) is 18.0 Å². The van der Waals surface area contributed by atoms with Crippen molar-refractivity contribution in [3.8, 4) is 22.1 Å². The number of carbonyl (C=O) groups is 1. The van der Waals surface area contributed by atoms with Gasteiger partial charge in [-0.05, 0) is 35.9 Å². The van der Waals surface area contributed by atoms with E-state index in [1.54, 1.807) is 35.4 Å². The predicted molar refractivity (Wildman–Crippen MR) is 117 cm³/mol. The lowest BCUT2D eigenvalue weighted by Gasteiger charge is -2.20. The molecular formula is C22H18ClF3N2O3S. The zero-order valence-corrected chi connectivity index (χ0v) is 18.6. The summed E-state index contributed by atoms with van der Waals surface area (Å²) in [5, 5.41) is 0.536. The molecule has 0 fully saturated rings. The summed E-state index contributed by atoms with van der Waals surface area (Å²) in [6, 6.07) is 10.2. The zero-order valence-electron chi connectivity index (χ0n) is 17.1. The Labute approximate surface area is 191 Å². The molecule has 1 amide bonds. The van der Waals surface area contributed by atoms with E-state index in [-0.39, 0.29) is 17.4 Å². The first-order valence-corrected chi connectivity index (χ1v) is 10.8. The maximum Gasteiger partial charge on any atom is 0.394 e. The highest BCUT2D eigenvalue weighted by atomic mass is 35.5. The average Bonchev–Trinajstić information content (AvgIpc) is 3.31. The number of methoxy groups -OCH3 is 1. The number of hydrogen-bond acceptors (Lipinski definition) is 5. The van der Waals surface area contributed by atoms with Gasteiger partial charge in [-0.15, -0.1) is 11.3 Å². The van der Waals surface area contributed by atoms with E-state index in [4.69, 9.17) is 21.1 Å². The summed E-state index contributed by atoms with van der Waals surface area (Å²) in [5.41, 5.74) is 2.19. The van der Waals surface area contributed by atoms with E-state index in [0.29, 0.717) is 22.1 Å². The molecule has 0 bridgehead atoms. The summed E-state index contributed by atoms with van der Waals surface area (Å²) in [6.45, 7) is 0.892. The van der Waals surface area contributed by atoms with Crippen LogP contribution in [0.3, 0.4) is 0 Å². The van der Waals surface area contributed by atoms with E-state index in [9.17, 15) is 18.0 Å². The van der Waals surface area contributed by atoms with Gasteiger partial charge in [0.25, 0.3) is 5.91 Å². The van der Waals surface area contributed by atoms with Crippen molar-refractivity contribution in [2.45, 2.75) is 19.6 Å². The fourth-order valence-corrected chi connectivity index (χ4v) is 4.41. The van der Waals surface area contributed by atoms with Crippen molar-refractivity contribution < 1.29 is 27.4 Å². The van der Waals surface area contributed by atoms with Crippen molar-refractivity contribution in [3.05, 3.63) is 58.1 Å². The van der Waals surface area contributed by atoms with Crippen LogP contribution in [0.1, 0.15) is 22.2 Å². The molecular weight excluding hydrogens is 465 g/mol. The molecule has 1 aromatic carbocycles. The number of halogens is 4. The molecule has 0 spiro atoms. The molecule has 0 saturated heterocycles. The average molecular weight is 483 g/mol. The van der Waals surface area contributed by atoms with Gasteiger partial charge in [-0.25, -0.2) is 0 Å². The molecule has 10 heteroatoms. The van der Waals surface area contributed by atoms with Gasteiger partial charge < -0.3 is 14.4 Å². The number of aromatic nitrogens is 1. The van der Waals surface area contributed by atoms with Gasteiger partial charge in [0.05, 0.1) is 46.7 Å². The van der Waals surface area contributed by atoms with Crippen molar-refractivity contribution >= 4 is 34.5 Å². The van der Waals surface area contributed by atoms with Crippen molar-refractivity contribution in [2.24, 2.45) is 5.92 Å². The van der Waals surface area contributed by atoms with E-state index < -0.39 is 18.7 Å². The third-order valence-corrected chi connectivity index (χ3v) is 6.47. The molecule has 5 nitrogen and oxygen atoms in total. The Bertz CT molecular complexity index is 1150. The van der Waals surface area contributed by atoms with Crippen LogP contribution in [0.15, 0.2) is 42.6 Å². The Balaban J connectivity index is 1.51. The van der Waals surface area contributed by atoms with Crippen LogP contribution in [-0.4, -0.2) is 30.8 Å². The number of benzene rings is 1. The fraction of sp³-hybridized carbons (Fsp3) is 0.273. The number of pyridine rings is 1. The highest BCUT2D eigenvalue weighted by molar-refractivity contribution is 7.17. The monoisotopic (exact) mass is 482 g/mol. The highest BCUT2D eigenvalue weighted by Gasteiger charge is 2.37. The quantitative estimate of drug-likeness (QED) is 0.419. The SMILES string of the molecule is COc1cc(N2Cc3cc(-c4ccc(Cl)cn4)sc3C2=O)ccc1OCC(C)C(F)(F)F. The van der Waals surface area contributed by atoms with Gasteiger partial charge in [-0.1, -0.05) is 18.5 Å². The molecule has 1 aliphatic rings. The second-order valence-corrected chi connectivity index (χ2v) is 8.80. The van der Waals surface area contributed by atoms with Gasteiger partial charge in [0.15, 0.2) is 11.5 Å². The third kappa shape index (κ3) is 4.40. The number of anilines is 1.